The second-order valence-electron chi connectivity index (χ2n) is 5.74. The van der Waals surface area contributed by atoms with Crippen molar-refractivity contribution < 1.29 is 18.4 Å². The number of nitrogen functional groups attached to an aromatic ring is 1. The number of aromatic nitrogens is 2. The van der Waals surface area contributed by atoms with Gasteiger partial charge in [0.05, 0.1) is 16.4 Å². The first-order chi connectivity index (χ1) is 12.5. The van der Waals surface area contributed by atoms with E-state index in [1.807, 2.05) is 18.4 Å². The second-order valence-corrected chi connectivity index (χ2v) is 9.55. The molecule has 7 nitrogen and oxygen atoms in total. The van der Waals surface area contributed by atoms with E-state index in [9.17, 15) is 9.46 Å². The predicted octanol–water partition coefficient (Wildman–Crippen LogP) is 3.47. The molecule has 3 N–H and O–H groups in total. The van der Waals surface area contributed by atoms with E-state index >= 15 is 0 Å². The zero-order valence-electron chi connectivity index (χ0n) is 13.8. The zero-order chi connectivity index (χ0) is 18.3. The molecule has 1 aliphatic rings. The van der Waals surface area contributed by atoms with Crippen molar-refractivity contribution in [1.82, 2.24) is 9.97 Å². The van der Waals surface area contributed by atoms with Gasteiger partial charge < -0.3 is 19.6 Å². The fraction of sp³-hybridized carbons (Fsp3) is 0.250. The molecule has 0 saturated heterocycles. The van der Waals surface area contributed by atoms with E-state index in [0.29, 0.717) is 28.6 Å². The predicted molar refractivity (Wildman–Crippen MR) is 102 cm³/mol. The van der Waals surface area contributed by atoms with Crippen LogP contribution in [0.25, 0.3) is 11.3 Å². The molecule has 2 bridgehead atoms. The number of nitrogens with zero attached hydrogens (tertiary/aromatic N) is 2. The summed E-state index contributed by atoms with van der Waals surface area (Å²) in [4.78, 5) is 18.8. The molecule has 0 fully saturated rings. The molecule has 2 atom stereocenters. The van der Waals surface area contributed by atoms with Gasteiger partial charge in [0.1, 0.15) is 11.5 Å². The van der Waals surface area contributed by atoms with Crippen LogP contribution in [0.5, 0.6) is 0 Å². The van der Waals surface area contributed by atoms with E-state index in [2.05, 4.69) is 9.97 Å². The van der Waals surface area contributed by atoms with Crippen LogP contribution in [-0.4, -0.2) is 27.7 Å². The molecule has 0 amide bonds. The van der Waals surface area contributed by atoms with Gasteiger partial charge in [-0.05, 0) is 36.4 Å². The molecule has 2 unspecified atom stereocenters. The van der Waals surface area contributed by atoms with E-state index in [0.717, 1.165) is 9.77 Å². The van der Waals surface area contributed by atoms with Gasteiger partial charge in [-0.2, -0.15) is 0 Å². The van der Waals surface area contributed by atoms with Crippen LogP contribution in [0.4, 0.5) is 5.13 Å². The number of hydrogen-bond acceptors (Lipinski definition) is 8. The molecule has 0 saturated carbocycles. The maximum absolute atomic E-state index is 12.7. The molecule has 10 heteroatoms. The van der Waals surface area contributed by atoms with Crippen molar-refractivity contribution in [3.8, 4) is 11.3 Å². The number of fused-ring (bicyclic) bond motifs is 2. The smallest absolute Gasteiger partial charge is 0.394 e. The van der Waals surface area contributed by atoms with Crippen LogP contribution in [0.2, 0.25) is 0 Å². The highest BCUT2D eigenvalue weighted by atomic mass is 32.2. The molecule has 0 aromatic carbocycles. The first-order valence-electron chi connectivity index (χ1n) is 7.82. The van der Waals surface area contributed by atoms with Gasteiger partial charge in [0.15, 0.2) is 5.13 Å². The standard InChI is InChI=1S/C16H16N3O4PS2/c1-25-15-13(19-16(17)26-15)11-8-12-10(9-2-5-18-6-3-9)4-7-22-24(20,21)14(11)23-12/h2-3,5-6,8,10H,4,7H2,1H3,(H2,17,19)(H,20,21). The lowest BCUT2D eigenvalue weighted by Gasteiger charge is -2.19. The Hall–Kier alpha value is -1.64. The Morgan fingerprint density at radius 3 is 2.92 bits per heavy atom. The minimum absolute atomic E-state index is 0.0770. The Bertz CT molecular complexity index is 989. The third kappa shape index (κ3) is 3.10. The molecule has 0 spiro atoms. The third-order valence-electron chi connectivity index (χ3n) is 4.17. The number of thioether (sulfide) groups is 1. The van der Waals surface area contributed by atoms with Crippen LogP contribution in [0.1, 0.15) is 23.7 Å². The van der Waals surface area contributed by atoms with Crippen molar-refractivity contribution >= 4 is 41.3 Å². The summed E-state index contributed by atoms with van der Waals surface area (Å²) in [6, 6.07) is 5.59. The average molecular weight is 409 g/mol. The Morgan fingerprint density at radius 1 is 1.42 bits per heavy atom. The lowest BCUT2D eigenvalue weighted by molar-refractivity contribution is 0.244. The van der Waals surface area contributed by atoms with Crippen LogP contribution < -0.4 is 11.2 Å². The lowest BCUT2D eigenvalue weighted by atomic mass is 9.94. The van der Waals surface area contributed by atoms with Crippen molar-refractivity contribution in [2.45, 2.75) is 16.5 Å². The minimum atomic E-state index is -4.08. The van der Waals surface area contributed by atoms with E-state index in [4.69, 9.17) is 14.7 Å². The quantitative estimate of drug-likeness (QED) is 0.500. The highest BCUT2D eigenvalue weighted by molar-refractivity contribution is 8.00. The van der Waals surface area contributed by atoms with E-state index < -0.39 is 7.60 Å². The highest BCUT2D eigenvalue weighted by Gasteiger charge is 2.37. The van der Waals surface area contributed by atoms with Crippen molar-refractivity contribution in [1.29, 1.82) is 0 Å². The SMILES string of the molecule is CSc1sc(N)nc1-c1cc2oc1P(=O)(O)OCCC2c1ccncc1. The topological polar surface area (TPSA) is 111 Å². The number of furan rings is 1. The Labute approximate surface area is 158 Å². The van der Waals surface area contributed by atoms with Crippen molar-refractivity contribution in [2.75, 3.05) is 18.6 Å². The molecule has 3 aromatic rings. The zero-order valence-corrected chi connectivity index (χ0v) is 16.3. The van der Waals surface area contributed by atoms with Gasteiger partial charge in [-0.3, -0.25) is 9.55 Å². The van der Waals surface area contributed by atoms with Crippen LogP contribution in [0.3, 0.4) is 0 Å². The maximum atomic E-state index is 12.7. The van der Waals surface area contributed by atoms with Gasteiger partial charge >= 0.3 is 7.60 Å². The monoisotopic (exact) mass is 409 g/mol. The van der Waals surface area contributed by atoms with Crippen molar-refractivity contribution in [3.05, 3.63) is 41.9 Å². The van der Waals surface area contributed by atoms with Crippen LogP contribution >= 0.6 is 30.7 Å². The second kappa shape index (κ2) is 6.83. The summed E-state index contributed by atoms with van der Waals surface area (Å²) >= 11 is 2.81. The van der Waals surface area contributed by atoms with Crippen molar-refractivity contribution in [2.24, 2.45) is 0 Å². The van der Waals surface area contributed by atoms with Crippen LogP contribution in [0.15, 0.2) is 39.2 Å². The van der Waals surface area contributed by atoms with Crippen molar-refractivity contribution in [3.63, 3.8) is 0 Å². The molecule has 4 heterocycles. The summed E-state index contributed by atoms with van der Waals surface area (Å²) in [6.45, 7) is 0.146. The molecular weight excluding hydrogens is 393 g/mol. The van der Waals surface area contributed by atoms with E-state index in [1.165, 1.54) is 23.1 Å². The summed E-state index contributed by atoms with van der Waals surface area (Å²) in [7, 11) is -4.08. The van der Waals surface area contributed by atoms with Gasteiger partial charge in [-0.25, -0.2) is 4.98 Å². The number of rotatable bonds is 3. The molecule has 136 valence electrons. The first-order valence-corrected chi connectivity index (χ1v) is 11.4. The first kappa shape index (κ1) is 17.8. The molecular formula is C16H16N3O4PS2. The fourth-order valence-corrected chi connectivity index (χ4v) is 5.69. The number of pyridine rings is 1. The number of hydrogen-bond donors (Lipinski definition) is 2. The number of thiazole rings is 1. The van der Waals surface area contributed by atoms with Crippen LogP contribution in [0, 0.1) is 0 Å². The highest BCUT2D eigenvalue weighted by Crippen LogP contribution is 2.50. The molecule has 1 aliphatic heterocycles. The van der Waals surface area contributed by atoms with Gasteiger partial charge in [0.25, 0.3) is 0 Å². The minimum Gasteiger partial charge on any atom is -0.452 e. The fourth-order valence-electron chi connectivity index (χ4n) is 3.00. The Morgan fingerprint density at radius 2 is 2.19 bits per heavy atom. The summed E-state index contributed by atoms with van der Waals surface area (Å²) in [5, 5.41) is 0.396. The number of anilines is 1. The summed E-state index contributed by atoms with van der Waals surface area (Å²) < 4.78 is 24.7. The van der Waals surface area contributed by atoms with Crippen LogP contribution in [-0.2, 0) is 9.09 Å². The molecule has 26 heavy (non-hydrogen) atoms. The van der Waals surface area contributed by atoms with Gasteiger partial charge in [0.2, 0.25) is 5.50 Å². The third-order valence-corrected chi connectivity index (χ3v) is 7.54. The summed E-state index contributed by atoms with van der Waals surface area (Å²) in [5.41, 5.74) is 7.79. The normalized spacial score (nSPS) is 22.8. The molecule has 4 rings (SSSR count). The van der Waals surface area contributed by atoms with E-state index in [1.54, 1.807) is 18.5 Å². The van der Waals surface area contributed by atoms with Gasteiger partial charge in [0, 0.05) is 18.3 Å². The Balaban J connectivity index is 1.90. The lowest BCUT2D eigenvalue weighted by Crippen LogP contribution is -2.13. The van der Waals surface area contributed by atoms with E-state index in [-0.39, 0.29) is 18.0 Å². The summed E-state index contributed by atoms with van der Waals surface area (Å²) in [5.74, 6) is 0.511. The van der Waals surface area contributed by atoms with Gasteiger partial charge in [-0.15, -0.1) is 11.8 Å². The Kier molecular flexibility index (Phi) is 4.66. The maximum Gasteiger partial charge on any atom is 0.394 e. The molecule has 0 radical (unpaired) electrons. The number of nitrogens with two attached hydrogens (primary N) is 1. The summed E-state index contributed by atoms with van der Waals surface area (Å²) in [6.07, 6.45) is 5.85. The largest absolute Gasteiger partial charge is 0.452 e. The molecule has 0 aliphatic carbocycles. The molecule has 3 aromatic heterocycles. The van der Waals surface area contributed by atoms with Gasteiger partial charge in [-0.1, -0.05) is 11.3 Å². The average Bonchev–Trinajstić information content (AvgIpc) is 3.23.